The van der Waals surface area contributed by atoms with Crippen LogP contribution in [0.4, 0.5) is 0 Å². The Labute approximate surface area is 97.7 Å². The van der Waals surface area contributed by atoms with Gasteiger partial charge in [0.05, 0.1) is 0 Å². The zero-order chi connectivity index (χ0) is 10.9. The van der Waals surface area contributed by atoms with Crippen LogP contribution in [-0.4, -0.2) is 20.7 Å². The summed E-state index contributed by atoms with van der Waals surface area (Å²) in [6.07, 6.45) is 5.63. The summed E-state index contributed by atoms with van der Waals surface area (Å²) in [5.74, 6) is 0.386. The molecule has 0 amide bonds. The zero-order valence-corrected chi connectivity index (χ0v) is 10.7. The second kappa shape index (κ2) is 7.44. The van der Waals surface area contributed by atoms with Crippen LogP contribution >= 0.6 is 0 Å². The van der Waals surface area contributed by atoms with Gasteiger partial charge in [0.25, 0.3) is 0 Å². The van der Waals surface area contributed by atoms with Gasteiger partial charge in [-0.3, -0.25) is 0 Å². The molecule has 0 fully saturated rings. The Morgan fingerprint density at radius 3 is 2.73 bits per heavy atom. The zero-order valence-electron chi connectivity index (χ0n) is 8.98. The van der Waals surface area contributed by atoms with E-state index in [-0.39, 0.29) is 0 Å². The van der Waals surface area contributed by atoms with Crippen LogP contribution in [0.1, 0.15) is 19.8 Å². The van der Waals surface area contributed by atoms with Crippen molar-refractivity contribution in [3.8, 4) is 0 Å². The third-order valence-electron chi connectivity index (χ3n) is 1.97. The quantitative estimate of drug-likeness (QED) is 0.571. The van der Waals surface area contributed by atoms with Crippen LogP contribution in [0.2, 0.25) is 5.32 Å². The fraction of sp³-hybridized carbons (Fsp3) is 0.308. The number of carbonyl (C=O) groups excluding carboxylic acids is 1. The molecule has 1 aromatic carbocycles. The summed E-state index contributed by atoms with van der Waals surface area (Å²) in [6, 6.07) is 10.3. The molecule has 0 aromatic heterocycles. The average Bonchev–Trinajstić information content (AvgIpc) is 2.28. The van der Waals surface area contributed by atoms with E-state index in [0.29, 0.717) is 27.2 Å². The van der Waals surface area contributed by atoms with Gasteiger partial charge in [0, 0.05) is 0 Å². The van der Waals surface area contributed by atoms with Crippen LogP contribution in [0.15, 0.2) is 42.5 Å². The van der Waals surface area contributed by atoms with Crippen molar-refractivity contribution in [1.82, 2.24) is 0 Å². The molecule has 80 valence electrons. The molecular formula is C13H16OSe. The fourth-order valence-electron chi connectivity index (χ4n) is 1.16. The summed E-state index contributed by atoms with van der Waals surface area (Å²) in [6.45, 7) is 1.98. The molecule has 2 heteroatoms. The number of hydrogen-bond donors (Lipinski definition) is 0. The molecule has 0 saturated heterocycles. The molecule has 0 radical (unpaired) electrons. The van der Waals surface area contributed by atoms with E-state index in [1.54, 1.807) is 0 Å². The number of rotatable bonds is 6. The van der Waals surface area contributed by atoms with E-state index >= 15 is 0 Å². The SMILES string of the molecule is C/C=C/CCC(=O)C[Se]c1ccccc1. The van der Waals surface area contributed by atoms with Crippen molar-refractivity contribution in [3.05, 3.63) is 42.5 Å². The third-order valence-corrected chi connectivity index (χ3v) is 4.22. The molecule has 0 atom stereocenters. The first-order valence-electron chi connectivity index (χ1n) is 5.13. The Kier molecular flexibility index (Phi) is 6.06. The van der Waals surface area contributed by atoms with Gasteiger partial charge in [0.2, 0.25) is 0 Å². The molecule has 15 heavy (non-hydrogen) atoms. The minimum atomic E-state index is 0.314. The Morgan fingerprint density at radius 2 is 2.07 bits per heavy atom. The van der Waals surface area contributed by atoms with Crippen LogP contribution in [-0.2, 0) is 4.79 Å². The van der Waals surface area contributed by atoms with Crippen molar-refractivity contribution in [1.29, 1.82) is 0 Å². The predicted molar refractivity (Wildman–Crippen MR) is 65.7 cm³/mol. The molecular weight excluding hydrogens is 251 g/mol. The molecule has 0 unspecified atom stereocenters. The van der Waals surface area contributed by atoms with Crippen LogP contribution < -0.4 is 4.46 Å². The predicted octanol–water partition coefficient (Wildman–Crippen LogP) is 2.36. The van der Waals surface area contributed by atoms with Gasteiger partial charge in [0.1, 0.15) is 0 Å². The van der Waals surface area contributed by atoms with E-state index in [1.807, 2.05) is 37.3 Å². The summed E-state index contributed by atoms with van der Waals surface area (Å²) in [5, 5.41) is 0.731. The number of allylic oxidation sites excluding steroid dienone is 2. The van der Waals surface area contributed by atoms with Gasteiger partial charge >= 0.3 is 97.6 Å². The fourth-order valence-corrected chi connectivity index (χ4v) is 2.89. The minimum absolute atomic E-state index is 0.314. The Hall–Kier alpha value is -0.851. The van der Waals surface area contributed by atoms with Gasteiger partial charge in [-0.1, -0.05) is 0 Å². The molecule has 0 N–H and O–H groups in total. The molecule has 1 rings (SSSR count). The first kappa shape index (κ1) is 12.2. The van der Waals surface area contributed by atoms with Crippen molar-refractivity contribution >= 4 is 25.2 Å². The molecule has 0 aliphatic rings. The van der Waals surface area contributed by atoms with E-state index in [9.17, 15) is 4.79 Å². The number of hydrogen-bond acceptors (Lipinski definition) is 1. The van der Waals surface area contributed by atoms with Crippen molar-refractivity contribution in [2.75, 3.05) is 0 Å². The van der Waals surface area contributed by atoms with Gasteiger partial charge in [0.15, 0.2) is 0 Å². The molecule has 1 nitrogen and oxygen atoms in total. The molecule has 0 aliphatic carbocycles. The first-order chi connectivity index (χ1) is 7.33. The Bertz CT molecular complexity index is 317. The van der Waals surface area contributed by atoms with Crippen molar-refractivity contribution in [2.45, 2.75) is 25.1 Å². The average molecular weight is 267 g/mol. The number of benzene rings is 1. The molecule has 0 spiro atoms. The van der Waals surface area contributed by atoms with Crippen molar-refractivity contribution < 1.29 is 4.79 Å². The van der Waals surface area contributed by atoms with E-state index in [4.69, 9.17) is 0 Å². The van der Waals surface area contributed by atoms with E-state index in [1.165, 1.54) is 4.46 Å². The van der Waals surface area contributed by atoms with Crippen molar-refractivity contribution in [2.24, 2.45) is 0 Å². The van der Waals surface area contributed by atoms with Gasteiger partial charge < -0.3 is 0 Å². The molecule has 1 aromatic rings. The van der Waals surface area contributed by atoms with Gasteiger partial charge in [-0.25, -0.2) is 0 Å². The second-order valence-corrected chi connectivity index (χ2v) is 5.45. The van der Waals surface area contributed by atoms with Crippen molar-refractivity contribution in [3.63, 3.8) is 0 Å². The monoisotopic (exact) mass is 268 g/mol. The maximum absolute atomic E-state index is 11.5. The summed E-state index contributed by atoms with van der Waals surface area (Å²) < 4.78 is 1.31. The maximum atomic E-state index is 11.5. The molecule has 0 bridgehead atoms. The van der Waals surface area contributed by atoms with E-state index < -0.39 is 0 Å². The van der Waals surface area contributed by atoms with Gasteiger partial charge in [-0.2, -0.15) is 0 Å². The Balaban J connectivity index is 2.23. The molecule has 0 saturated carbocycles. The summed E-state index contributed by atoms with van der Waals surface area (Å²) in [7, 11) is 0. The summed E-state index contributed by atoms with van der Waals surface area (Å²) in [5.41, 5.74) is 0. The normalized spacial score (nSPS) is 10.7. The van der Waals surface area contributed by atoms with Gasteiger partial charge in [-0.15, -0.1) is 0 Å². The number of carbonyl (C=O) groups is 1. The van der Waals surface area contributed by atoms with Crippen LogP contribution in [0.3, 0.4) is 0 Å². The molecule has 0 aliphatic heterocycles. The van der Waals surface area contributed by atoms with Crippen LogP contribution in [0.25, 0.3) is 0 Å². The third kappa shape index (κ3) is 5.56. The van der Waals surface area contributed by atoms with Crippen LogP contribution in [0, 0.1) is 0 Å². The first-order valence-corrected chi connectivity index (χ1v) is 7.20. The topological polar surface area (TPSA) is 17.1 Å². The van der Waals surface area contributed by atoms with Crippen LogP contribution in [0.5, 0.6) is 0 Å². The van der Waals surface area contributed by atoms with E-state index in [2.05, 4.69) is 12.1 Å². The second-order valence-electron chi connectivity index (χ2n) is 3.25. The standard InChI is InChI=1S/C13H16OSe/c1-2-3-5-8-12(14)11-15-13-9-6-4-7-10-13/h2-4,6-7,9-10H,5,8,11H2,1H3/b3-2+. The van der Waals surface area contributed by atoms with Gasteiger partial charge in [-0.05, 0) is 0 Å². The number of ketones is 1. The number of Topliss-reactive ketones (excluding diaryl/α,β-unsaturated/α-hetero) is 1. The summed E-state index contributed by atoms with van der Waals surface area (Å²) >= 11 is 0.314. The Morgan fingerprint density at radius 1 is 1.33 bits per heavy atom. The molecule has 0 heterocycles. The summed E-state index contributed by atoms with van der Waals surface area (Å²) in [4.78, 5) is 11.5. The van der Waals surface area contributed by atoms with E-state index in [0.717, 1.165) is 11.7 Å².